The zero-order chi connectivity index (χ0) is 15.9. The van der Waals surface area contributed by atoms with Crippen molar-refractivity contribution in [3.05, 3.63) is 71.9 Å². The SMILES string of the molecule is C[N+](C)=C1C=CC(=C2C=CC=CC=C2)C=C1.[O-][Cl+3]([O-])([O-])[O-]. The summed E-state index contributed by atoms with van der Waals surface area (Å²) in [6, 6.07) is 0. The Morgan fingerprint density at radius 3 is 1.43 bits per heavy atom. The van der Waals surface area contributed by atoms with Crippen molar-refractivity contribution in [3.8, 4) is 0 Å². The molecule has 0 unspecified atom stereocenters. The fraction of sp³-hybridized carbons (Fsp3) is 0.133. The first-order valence-electron chi connectivity index (χ1n) is 6.05. The molecule has 0 spiro atoms. The van der Waals surface area contributed by atoms with Crippen molar-refractivity contribution in [2.75, 3.05) is 14.1 Å². The van der Waals surface area contributed by atoms with E-state index in [9.17, 15) is 0 Å². The molecule has 0 N–H and O–H groups in total. The Morgan fingerprint density at radius 2 is 1.05 bits per heavy atom. The van der Waals surface area contributed by atoms with Crippen LogP contribution in [-0.2, 0) is 0 Å². The Bertz CT molecular complexity index is 541. The van der Waals surface area contributed by atoms with Gasteiger partial charge in [-0.05, 0) is 23.3 Å². The summed E-state index contributed by atoms with van der Waals surface area (Å²) in [5.41, 5.74) is 3.72. The van der Waals surface area contributed by atoms with Gasteiger partial charge in [0.25, 0.3) is 0 Å². The van der Waals surface area contributed by atoms with Gasteiger partial charge in [-0.3, -0.25) is 0 Å². The summed E-state index contributed by atoms with van der Waals surface area (Å²) in [5.74, 6) is 0. The third kappa shape index (κ3) is 7.55. The lowest BCUT2D eigenvalue weighted by molar-refractivity contribution is -2.00. The molecule has 0 aliphatic heterocycles. The smallest absolute Gasteiger partial charge is 0.199 e. The van der Waals surface area contributed by atoms with E-state index in [0.29, 0.717) is 0 Å². The van der Waals surface area contributed by atoms with Crippen molar-refractivity contribution in [2.45, 2.75) is 0 Å². The van der Waals surface area contributed by atoms with Gasteiger partial charge in [-0.1, -0.05) is 36.5 Å². The average molecular weight is 310 g/mol. The summed E-state index contributed by atoms with van der Waals surface area (Å²) in [4.78, 5) is 0. The van der Waals surface area contributed by atoms with Crippen LogP contribution in [0.25, 0.3) is 0 Å². The van der Waals surface area contributed by atoms with E-state index in [-0.39, 0.29) is 0 Å². The number of hydrogen-bond donors (Lipinski definition) is 0. The molecule has 2 aliphatic carbocycles. The molecule has 0 amide bonds. The summed E-state index contributed by atoms with van der Waals surface area (Å²) in [6.07, 6.45) is 21.1. The molecule has 0 bridgehead atoms. The Hall–Kier alpha value is -1.76. The molecule has 2 rings (SSSR count). The van der Waals surface area contributed by atoms with Crippen molar-refractivity contribution >= 4 is 5.71 Å². The Labute approximate surface area is 125 Å². The molecule has 0 aromatic heterocycles. The van der Waals surface area contributed by atoms with Crippen LogP contribution >= 0.6 is 0 Å². The van der Waals surface area contributed by atoms with Crippen molar-refractivity contribution in [2.24, 2.45) is 0 Å². The molecular weight excluding hydrogens is 294 g/mol. The van der Waals surface area contributed by atoms with Gasteiger partial charge in [-0.15, -0.1) is 10.2 Å². The van der Waals surface area contributed by atoms with Crippen molar-refractivity contribution in [1.29, 1.82) is 0 Å². The number of nitrogens with zero attached hydrogens (tertiary/aromatic N) is 1. The van der Waals surface area contributed by atoms with Crippen molar-refractivity contribution < 1.29 is 33.5 Å². The predicted molar refractivity (Wildman–Crippen MR) is 69.8 cm³/mol. The first kappa shape index (κ1) is 17.3. The average Bonchev–Trinajstić information content (AvgIpc) is 2.65. The van der Waals surface area contributed by atoms with Gasteiger partial charge >= 0.3 is 0 Å². The maximum atomic E-state index is 8.49. The molecule has 0 fully saturated rings. The van der Waals surface area contributed by atoms with Crippen LogP contribution in [0.5, 0.6) is 0 Å². The summed E-state index contributed by atoms with van der Waals surface area (Å²) < 4.78 is 36.1. The van der Waals surface area contributed by atoms with Gasteiger partial charge in [-0.25, -0.2) is 23.2 Å². The second-order valence-corrected chi connectivity index (χ2v) is 5.13. The van der Waals surface area contributed by atoms with Crippen LogP contribution in [0, 0.1) is 10.2 Å². The summed E-state index contributed by atoms with van der Waals surface area (Å²) >= 11 is 0. The van der Waals surface area contributed by atoms with Gasteiger partial charge in [-0.2, -0.15) is 0 Å². The standard InChI is InChI=1S/C15H16N.ClHO4/c1-16(2)15-11-9-14(10-12-15)13-7-5-3-4-6-8-13;2-1(3,4)5/h3-12H,1-2H3;(H,2,3,4,5)/q+1;/p-1. The minimum absolute atomic E-state index is 1.23. The van der Waals surface area contributed by atoms with Crippen molar-refractivity contribution in [1.82, 2.24) is 0 Å². The minimum Gasteiger partial charge on any atom is -0.235 e. The maximum Gasteiger partial charge on any atom is 0.199 e. The summed E-state index contributed by atoms with van der Waals surface area (Å²) in [6.45, 7) is 0. The molecule has 0 aromatic rings. The maximum absolute atomic E-state index is 8.49. The Morgan fingerprint density at radius 1 is 0.667 bits per heavy atom. The second-order valence-electron chi connectivity index (χ2n) is 4.38. The van der Waals surface area contributed by atoms with Gasteiger partial charge in [0, 0.05) is 12.2 Å². The molecule has 5 nitrogen and oxygen atoms in total. The second kappa shape index (κ2) is 7.87. The Kier molecular flexibility index (Phi) is 6.48. The monoisotopic (exact) mass is 309 g/mol. The van der Waals surface area contributed by atoms with Crippen LogP contribution < -0.4 is 18.6 Å². The zero-order valence-electron chi connectivity index (χ0n) is 11.7. The fourth-order valence-electron chi connectivity index (χ4n) is 1.65. The molecule has 0 radical (unpaired) electrons. The van der Waals surface area contributed by atoms with Crippen LogP contribution in [0.15, 0.2) is 71.9 Å². The van der Waals surface area contributed by atoms with Gasteiger partial charge < -0.3 is 0 Å². The molecule has 0 heterocycles. The van der Waals surface area contributed by atoms with Gasteiger partial charge in [0.2, 0.25) is 0 Å². The molecule has 0 saturated carbocycles. The normalized spacial score (nSPS) is 16.8. The fourth-order valence-corrected chi connectivity index (χ4v) is 1.65. The van der Waals surface area contributed by atoms with Crippen LogP contribution in [0.4, 0.5) is 0 Å². The molecule has 2 aliphatic rings. The van der Waals surface area contributed by atoms with E-state index >= 15 is 0 Å². The number of allylic oxidation sites excluding steroid dienone is 12. The van der Waals surface area contributed by atoms with E-state index in [1.165, 1.54) is 16.9 Å². The van der Waals surface area contributed by atoms with Gasteiger partial charge in [0.1, 0.15) is 14.1 Å². The highest BCUT2D eigenvalue weighted by Gasteiger charge is 2.05. The van der Waals surface area contributed by atoms with Crippen LogP contribution in [0.3, 0.4) is 0 Å². The third-order valence-electron chi connectivity index (χ3n) is 2.60. The molecule has 0 atom stereocenters. The van der Waals surface area contributed by atoms with Gasteiger partial charge in [0.05, 0.1) is 0 Å². The molecule has 0 saturated heterocycles. The Balaban J connectivity index is 0.000000383. The number of rotatable bonds is 0. The predicted octanol–water partition coefficient (Wildman–Crippen LogP) is -1.95. The highest BCUT2D eigenvalue weighted by Crippen LogP contribution is 2.16. The molecular formula is C15H16ClNO4. The lowest BCUT2D eigenvalue weighted by Gasteiger charge is -2.17. The topological polar surface area (TPSA) is 95.2 Å². The van der Waals surface area contributed by atoms with Gasteiger partial charge in [0.15, 0.2) is 5.71 Å². The lowest BCUT2D eigenvalue weighted by atomic mass is 10.0. The van der Waals surface area contributed by atoms with E-state index < -0.39 is 10.2 Å². The molecule has 0 aromatic carbocycles. The molecule has 112 valence electrons. The molecule has 21 heavy (non-hydrogen) atoms. The van der Waals surface area contributed by atoms with Crippen LogP contribution in [0.2, 0.25) is 0 Å². The largest absolute Gasteiger partial charge is 0.235 e. The van der Waals surface area contributed by atoms with E-state index in [2.05, 4.69) is 67.3 Å². The van der Waals surface area contributed by atoms with Crippen molar-refractivity contribution in [3.63, 3.8) is 0 Å². The van der Waals surface area contributed by atoms with Crippen LogP contribution in [-0.4, -0.2) is 24.4 Å². The zero-order valence-corrected chi connectivity index (χ0v) is 12.5. The first-order chi connectivity index (χ1) is 9.77. The van der Waals surface area contributed by atoms with E-state index in [4.69, 9.17) is 18.6 Å². The summed E-state index contributed by atoms with van der Waals surface area (Å²) in [5, 5.41) is 0. The highest BCUT2D eigenvalue weighted by molar-refractivity contribution is 6.02. The molecule has 6 heteroatoms. The lowest BCUT2D eigenvalue weighted by Crippen LogP contribution is -2.68. The number of halogens is 1. The quantitative estimate of drug-likeness (QED) is 0.486. The van der Waals surface area contributed by atoms with E-state index in [0.717, 1.165) is 0 Å². The third-order valence-corrected chi connectivity index (χ3v) is 2.60. The first-order valence-corrected chi connectivity index (χ1v) is 7.29. The summed E-state index contributed by atoms with van der Waals surface area (Å²) in [7, 11) is -0.838. The minimum atomic E-state index is -4.94. The van der Waals surface area contributed by atoms with E-state index in [1.807, 2.05) is 12.2 Å². The highest BCUT2D eigenvalue weighted by atomic mass is 35.7. The van der Waals surface area contributed by atoms with E-state index in [1.54, 1.807) is 0 Å². The number of hydrogen-bond acceptors (Lipinski definition) is 4. The van der Waals surface area contributed by atoms with Crippen LogP contribution in [0.1, 0.15) is 0 Å².